The van der Waals surface area contributed by atoms with Gasteiger partial charge in [0.15, 0.2) is 18.9 Å². The molecule has 0 aromatic carbocycles. The van der Waals surface area contributed by atoms with Gasteiger partial charge in [0.25, 0.3) is 0 Å². The van der Waals surface area contributed by atoms with Gasteiger partial charge in [-0.15, -0.1) is 0 Å². The van der Waals surface area contributed by atoms with Crippen LogP contribution in [0.1, 0.15) is 0 Å². The second-order valence-electron chi connectivity index (χ2n) is 8.37. The van der Waals surface area contributed by atoms with Crippen molar-refractivity contribution >= 4 is 0 Å². The summed E-state index contributed by atoms with van der Waals surface area (Å²) in [6.45, 7) is -2.02. The molecule has 0 aliphatic carbocycles. The van der Waals surface area contributed by atoms with Crippen LogP contribution in [0.5, 0.6) is 0 Å². The predicted octanol–water partition coefficient (Wildman–Crippen LogP) is -7.57. The van der Waals surface area contributed by atoms with Crippen LogP contribution in [-0.4, -0.2) is 168 Å². The van der Waals surface area contributed by atoms with Crippen molar-refractivity contribution in [3.8, 4) is 0 Å². The van der Waals surface area contributed by atoms with Crippen molar-refractivity contribution in [1.29, 1.82) is 0 Å². The average Bonchev–Trinajstić information content (AvgIpc) is 2.82. The van der Waals surface area contributed by atoms with E-state index in [1.807, 2.05) is 0 Å². The van der Waals surface area contributed by atoms with E-state index in [0.717, 1.165) is 0 Å². The lowest BCUT2D eigenvalue weighted by Gasteiger charge is -2.45. The third kappa shape index (κ3) is 5.52. The molecule has 200 valence electrons. The lowest BCUT2D eigenvalue weighted by atomic mass is 9.97. The van der Waals surface area contributed by atoms with E-state index in [2.05, 4.69) is 0 Å². The Labute approximate surface area is 192 Å². The fraction of sp³-hybridized carbons (Fsp3) is 1.00. The van der Waals surface area contributed by atoms with Gasteiger partial charge in [-0.05, 0) is 0 Å². The summed E-state index contributed by atoms with van der Waals surface area (Å²) >= 11 is 0. The quantitative estimate of drug-likeness (QED) is 0.154. The zero-order valence-corrected chi connectivity index (χ0v) is 17.7. The standard InChI is InChI=1S/C18H32O16/c19-1-4-7(21)10(24)13(27)17(32-4)30-3-6-9(23)12(26)15(16(29)31-6)34-18-14(28)11(25)8(22)5(2-20)33-18/h4-29H,1-3H2/t4-,5-,6-,7+,8+,9+,10+,11+,12+,13-,14-,15-,16-,17+,18-/m1/s1. The number of hydrogen-bond donors (Lipinski definition) is 11. The highest BCUT2D eigenvalue weighted by atomic mass is 16.7. The Morgan fingerprint density at radius 1 is 0.500 bits per heavy atom. The molecule has 0 aromatic rings. The molecule has 0 aromatic heterocycles. The Hall–Kier alpha value is -0.640. The van der Waals surface area contributed by atoms with E-state index < -0.39 is 112 Å². The van der Waals surface area contributed by atoms with Gasteiger partial charge in [0, 0.05) is 0 Å². The van der Waals surface area contributed by atoms with Gasteiger partial charge in [-0.25, -0.2) is 0 Å². The molecule has 0 unspecified atom stereocenters. The maximum Gasteiger partial charge on any atom is 0.187 e. The summed E-state index contributed by atoms with van der Waals surface area (Å²) in [4.78, 5) is 0. The molecule has 3 aliphatic heterocycles. The smallest absolute Gasteiger partial charge is 0.187 e. The number of rotatable bonds is 7. The summed E-state index contributed by atoms with van der Waals surface area (Å²) in [5, 5.41) is 109. The van der Waals surface area contributed by atoms with Crippen molar-refractivity contribution in [3.63, 3.8) is 0 Å². The fourth-order valence-electron chi connectivity index (χ4n) is 3.94. The van der Waals surface area contributed by atoms with Gasteiger partial charge < -0.3 is 79.9 Å². The number of aliphatic hydroxyl groups is 11. The van der Waals surface area contributed by atoms with Gasteiger partial charge in [0.1, 0.15) is 73.2 Å². The summed E-state index contributed by atoms with van der Waals surface area (Å²) in [6.07, 6.45) is -24.8. The number of ether oxygens (including phenoxy) is 5. The summed E-state index contributed by atoms with van der Waals surface area (Å²) in [6, 6.07) is 0. The van der Waals surface area contributed by atoms with Crippen LogP contribution in [0.15, 0.2) is 0 Å². The molecule has 0 bridgehead atoms. The maximum absolute atomic E-state index is 10.4. The molecule has 34 heavy (non-hydrogen) atoms. The summed E-state index contributed by atoms with van der Waals surface area (Å²) < 4.78 is 26.0. The topological polar surface area (TPSA) is 269 Å². The monoisotopic (exact) mass is 504 g/mol. The number of hydrogen-bond acceptors (Lipinski definition) is 16. The van der Waals surface area contributed by atoms with E-state index >= 15 is 0 Å². The second kappa shape index (κ2) is 11.6. The van der Waals surface area contributed by atoms with Crippen molar-refractivity contribution in [2.45, 2.75) is 92.1 Å². The van der Waals surface area contributed by atoms with Gasteiger partial charge >= 0.3 is 0 Å². The Morgan fingerprint density at radius 3 is 1.50 bits per heavy atom. The van der Waals surface area contributed by atoms with E-state index in [4.69, 9.17) is 23.7 Å². The predicted molar refractivity (Wildman–Crippen MR) is 101 cm³/mol. The fourth-order valence-corrected chi connectivity index (χ4v) is 3.94. The van der Waals surface area contributed by atoms with Crippen LogP contribution < -0.4 is 0 Å². The Balaban J connectivity index is 1.59. The molecule has 0 spiro atoms. The molecule has 3 aliphatic rings. The van der Waals surface area contributed by atoms with Crippen molar-refractivity contribution in [3.05, 3.63) is 0 Å². The summed E-state index contributed by atoms with van der Waals surface area (Å²) in [5.74, 6) is 0. The first-order chi connectivity index (χ1) is 16.0. The van der Waals surface area contributed by atoms with E-state index in [1.54, 1.807) is 0 Å². The first-order valence-electron chi connectivity index (χ1n) is 10.6. The SMILES string of the molecule is OC[C@H]1O[C@H](OC[C@H]2O[C@@H](O)[C@H](O[C@H]3O[C@H](CO)[C@H](O)[C@H](O)[C@H]3O)[C@@H](O)[C@H]2O)[C@H](O)[C@@H](O)[C@H]1O. The molecule has 11 N–H and O–H groups in total. The average molecular weight is 504 g/mol. The van der Waals surface area contributed by atoms with Crippen molar-refractivity contribution < 1.29 is 79.9 Å². The largest absolute Gasteiger partial charge is 0.394 e. The van der Waals surface area contributed by atoms with E-state index in [1.165, 1.54) is 0 Å². The minimum Gasteiger partial charge on any atom is -0.394 e. The molecule has 0 amide bonds. The van der Waals surface area contributed by atoms with Gasteiger partial charge in [-0.2, -0.15) is 0 Å². The van der Waals surface area contributed by atoms with E-state index in [0.29, 0.717) is 0 Å². The van der Waals surface area contributed by atoms with Crippen LogP contribution in [0.25, 0.3) is 0 Å². The van der Waals surface area contributed by atoms with Gasteiger partial charge in [-0.1, -0.05) is 0 Å². The minimum absolute atomic E-state index is 0.593. The molecule has 3 heterocycles. The second-order valence-corrected chi connectivity index (χ2v) is 8.37. The van der Waals surface area contributed by atoms with Crippen LogP contribution in [0.2, 0.25) is 0 Å². The van der Waals surface area contributed by atoms with Gasteiger partial charge in [0.2, 0.25) is 0 Å². The summed E-state index contributed by atoms with van der Waals surface area (Å²) in [7, 11) is 0. The minimum atomic E-state index is -1.92. The Kier molecular flexibility index (Phi) is 9.54. The Bertz CT molecular complexity index is 635. The highest BCUT2D eigenvalue weighted by molar-refractivity contribution is 4.94. The molecule has 0 radical (unpaired) electrons. The third-order valence-electron chi connectivity index (χ3n) is 6.08. The molecule has 16 heteroatoms. The molecule has 15 atom stereocenters. The highest BCUT2D eigenvalue weighted by Gasteiger charge is 2.51. The van der Waals surface area contributed by atoms with Crippen molar-refractivity contribution in [2.75, 3.05) is 19.8 Å². The van der Waals surface area contributed by atoms with E-state index in [-0.39, 0.29) is 0 Å². The molecule has 0 saturated carbocycles. The van der Waals surface area contributed by atoms with E-state index in [9.17, 15) is 56.2 Å². The zero-order chi connectivity index (χ0) is 25.3. The molecular weight excluding hydrogens is 472 g/mol. The lowest BCUT2D eigenvalue weighted by molar-refractivity contribution is -0.366. The highest BCUT2D eigenvalue weighted by Crippen LogP contribution is 2.29. The summed E-state index contributed by atoms with van der Waals surface area (Å²) in [5.41, 5.74) is 0. The van der Waals surface area contributed by atoms with Crippen LogP contribution in [0.4, 0.5) is 0 Å². The Morgan fingerprint density at radius 2 is 0.971 bits per heavy atom. The zero-order valence-electron chi connectivity index (χ0n) is 17.7. The normalized spacial score (nSPS) is 52.5. The molecule has 3 saturated heterocycles. The van der Waals surface area contributed by atoms with Gasteiger partial charge in [0.05, 0.1) is 19.8 Å². The number of aliphatic hydroxyl groups excluding tert-OH is 11. The van der Waals surface area contributed by atoms with Crippen LogP contribution in [0.3, 0.4) is 0 Å². The van der Waals surface area contributed by atoms with Crippen LogP contribution in [0, 0.1) is 0 Å². The lowest BCUT2D eigenvalue weighted by Crippen LogP contribution is -2.64. The van der Waals surface area contributed by atoms with Crippen LogP contribution in [-0.2, 0) is 23.7 Å². The van der Waals surface area contributed by atoms with Crippen molar-refractivity contribution in [1.82, 2.24) is 0 Å². The van der Waals surface area contributed by atoms with Crippen LogP contribution >= 0.6 is 0 Å². The molecule has 3 rings (SSSR count). The third-order valence-corrected chi connectivity index (χ3v) is 6.08. The maximum atomic E-state index is 10.4. The first kappa shape index (κ1) is 27.9. The van der Waals surface area contributed by atoms with Gasteiger partial charge in [-0.3, -0.25) is 0 Å². The first-order valence-corrected chi connectivity index (χ1v) is 10.6. The molecular formula is C18H32O16. The molecule has 3 fully saturated rings. The molecule has 16 nitrogen and oxygen atoms in total. The van der Waals surface area contributed by atoms with Crippen molar-refractivity contribution in [2.24, 2.45) is 0 Å².